The van der Waals surface area contributed by atoms with E-state index < -0.39 is 0 Å². The average molecular weight is 134 g/mol. The maximum absolute atomic E-state index is 3.87. The van der Waals surface area contributed by atoms with Gasteiger partial charge in [0.1, 0.15) is 0 Å². The van der Waals surface area contributed by atoms with Crippen molar-refractivity contribution in [2.75, 3.05) is 0 Å². The Balaban J connectivity index is 2.18. The minimum Gasteiger partial charge on any atom is -0.103 e. The van der Waals surface area contributed by atoms with Gasteiger partial charge < -0.3 is 0 Å². The molecule has 3 rings (SSSR count). The Kier molecular flexibility index (Phi) is 1.40. The second kappa shape index (κ2) is 2.26. The summed E-state index contributed by atoms with van der Waals surface area (Å²) in [7, 11) is 0. The first kappa shape index (κ1) is 6.21. The third-order valence-corrected chi connectivity index (χ3v) is 2.93. The van der Waals surface area contributed by atoms with Gasteiger partial charge in [0.2, 0.25) is 0 Å². The molecule has 0 N–H and O–H groups in total. The molecular formula is C10H14. The van der Waals surface area contributed by atoms with Crippen LogP contribution in [0.25, 0.3) is 0 Å². The minimum atomic E-state index is 0.795. The second-order valence-corrected chi connectivity index (χ2v) is 3.52. The molecule has 0 aromatic rings. The number of hydrogen-bond acceptors (Lipinski definition) is 0. The first-order valence-electron chi connectivity index (χ1n) is 4.21. The van der Waals surface area contributed by atoms with E-state index >= 15 is 0 Å². The van der Waals surface area contributed by atoms with E-state index in [0.717, 1.165) is 17.8 Å². The standard InChI is InChI=1S/C10H14/c1-2-9-7-8-3-5-10(9)6-4-8/h2-3,5,8-10H,1,4,6-7H2/t8-,9-,10+/m0/s1. The normalized spacial score (nSPS) is 43.8. The van der Waals surface area contributed by atoms with Crippen LogP contribution in [0.3, 0.4) is 0 Å². The molecule has 3 atom stereocenters. The molecule has 10 heavy (non-hydrogen) atoms. The Morgan fingerprint density at radius 1 is 1.30 bits per heavy atom. The Hall–Kier alpha value is -0.520. The van der Waals surface area contributed by atoms with E-state index in [1.165, 1.54) is 19.3 Å². The molecule has 0 nitrogen and oxygen atoms in total. The highest BCUT2D eigenvalue weighted by atomic mass is 14.3. The minimum absolute atomic E-state index is 0.795. The Bertz CT molecular complexity index is 167. The van der Waals surface area contributed by atoms with Crippen LogP contribution in [-0.4, -0.2) is 0 Å². The summed E-state index contributed by atoms with van der Waals surface area (Å²) in [6.45, 7) is 3.87. The first-order chi connectivity index (χ1) is 4.90. The summed E-state index contributed by atoms with van der Waals surface area (Å²) in [6, 6.07) is 0. The predicted octanol–water partition coefficient (Wildman–Crippen LogP) is 2.77. The van der Waals surface area contributed by atoms with E-state index in [0.29, 0.717) is 0 Å². The third-order valence-electron chi connectivity index (χ3n) is 2.93. The maximum atomic E-state index is 3.87. The zero-order valence-corrected chi connectivity index (χ0v) is 6.29. The van der Waals surface area contributed by atoms with E-state index in [1.807, 2.05) is 0 Å². The summed E-state index contributed by atoms with van der Waals surface area (Å²) in [5.74, 6) is 2.51. The topological polar surface area (TPSA) is 0 Å². The van der Waals surface area contributed by atoms with Crippen LogP contribution in [-0.2, 0) is 0 Å². The molecule has 0 amide bonds. The molecule has 2 bridgehead atoms. The molecule has 0 heterocycles. The van der Waals surface area contributed by atoms with Gasteiger partial charge in [-0.15, -0.1) is 6.58 Å². The Morgan fingerprint density at radius 2 is 2.20 bits per heavy atom. The lowest BCUT2D eigenvalue weighted by atomic mass is 9.69. The van der Waals surface area contributed by atoms with Crippen molar-refractivity contribution in [1.82, 2.24) is 0 Å². The highest BCUT2D eigenvalue weighted by Crippen LogP contribution is 2.40. The van der Waals surface area contributed by atoms with Gasteiger partial charge in [0, 0.05) is 0 Å². The van der Waals surface area contributed by atoms with Gasteiger partial charge in [-0.25, -0.2) is 0 Å². The molecular weight excluding hydrogens is 120 g/mol. The molecule has 0 aliphatic heterocycles. The predicted molar refractivity (Wildman–Crippen MR) is 43.7 cm³/mol. The van der Waals surface area contributed by atoms with Crippen LogP contribution in [0, 0.1) is 17.8 Å². The molecule has 0 saturated heterocycles. The van der Waals surface area contributed by atoms with Crippen LogP contribution < -0.4 is 0 Å². The zero-order valence-electron chi connectivity index (χ0n) is 6.29. The van der Waals surface area contributed by atoms with E-state index in [9.17, 15) is 0 Å². The van der Waals surface area contributed by atoms with E-state index in [-0.39, 0.29) is 0 Å². The Morgan fingerprint density at radius 3 is 2.50 bits per heavy atom. The molecule has 0 unspecified atom stereocenters. The SMILES string of the molecule is C=C[C@H]1C[C@H]2C=C[C@@H]1CC2. The van der Waals surface area contributed by atoms with Crippen molar-refractivity contribution in [2.45, 2.75) is 19.3 Å². The van der Waals surface area contributed by atoms with Crippen molar-refractivity contribution in [1.29, 1.82) is 0 Å². The van der Waals surface area contributed by atoms with Gasteiger partial charge in [0.15, 0.2) is 0 Å². The van der Waals surface area contributed by atoms with Crippen molar-refractivity contribution in [2.24, 2.45) is 17.8 Å². The Labute approximate surface area is 62.6 Å². The van der Waals surface area contributed by atoms with Crippen LogP contribution in [0.15, 0.2) is 24.8 Å². The lowest BCUT2D eigenvalue weighted by Crippen LogP contribution is -2.25. The number of rotatable bonds is 1. The van der Waals surface area contributed by atoms with Crippen molar-refractivity contribution < 1.29 is 0 Å². The molecule has 1 saturated carbocycles. The molecule has 1 fully saturated rings. The maximum Gasteiger partial charge on any atom is -0.0168 e. The molecule has 0 aromatic carbocycles. The fourth-order valence-electron chi connectivity index (χ4n) is 2.25. The van der Waals surface area contributed by atoms with Crippen LogP contribution in [0.4, 0.5) is 0 Å². The molecule has 0 spiro atoms. The highest BCUT2D eigenvalue weighted by molar-refractivity contribution is 5.09. The number of allylic oxidation sites excluding steroid dienone is 3. The van der Waals surface area contributed by atoms with Gasteiger partial charge in [-0.1, -0.05) is 18.2 Å². The van der Waals surface area contributed by atoms with Crippen molar-refractivity contribution >= 4 is 0 Å². The quantitative estimate of drug-likeness (QED) is 0.484. The van der Waals surface area contributed by atoms with Gasteiger partial charge >= 0.3 is 0 Å². The van der Waals surface area contributed by atoms with Gasteiger partial charge in [-0.05, 0) is 37.0 Å². The van der Waals surface area contributed by atoms with E-state index in [1.54, 1.807) is 0 Å². The lowest BCUT2D eigenvalue weighted by molar-refractivity contribution is 0.263. The lowest BCUT2D eigenvalue weighted by Gasteiger charge is -2.36. The summed E-state index contributed by atoms with van der Waals surface area (Å²) in [5, 5.41) is 0. The summed E-state index contributed by atoms with van der Waals surface area (Å²) >= 11 is 0. The smallest absolute Gasteiger partial charge is 0.0168 e. The zero-order chi connectivity index (χ0) is 6.97. The molecule has 0 aromatic heterocycles. The fourth-order valence-corrected chi connectivity index (χ4v) is 2.25. The molecule has 54 valence electrons. The number of hydrogen-bond donors (Lipinski definition) is 0. The monoisotopic (exact) mass is 134 g/mol. The summed E-state index contributed by atoms with van der Waals surface area (Å²) in [4.78, 5) is 0. The number of fused-ring (bicyclic) bond motifs is 2. The third kappa shape index (κ3) is 0.828. The molecule has 3 aliphatic rings. The molecule has 3 aliphatic carbocycles. The second-order valence-electron chi connectivity index (χ2n) is 3.52. The summed E-state index contributed by atoms with van der Waals surface area (Å²) in [5.41, 5.74) is 0. The van der Waals surface area contributed by atoms with Crippen LogP contribution in [0.1, 0.15) is 19.3 Å². The fraction of sp³-hybridized carbons (Fsp3) is 0.600. The summed E-state index contributed by atoms with van der Waals surface area (Å²) < 4.78 is 0. The molecule has 0 heteroatoms. The highest BCUT2D eigenvalue weighted by Gasteiger charge is 2.29. The van der Waals surface area contributed by atoms with Gasteiger partial charge in [0.25, 0.3) is 0 Å². The van der Waals surface area contributed by atoms with Gasteiger partial charge in [0.05, 0.1) is 0 Å². The van der Waals surface area contributed by atoms with Crippen LogP contribution >= 0.6 is 0 Å². The largest absolute Gasteiger partial charge is 0.103 e. The van der Waals surface area contributed by atoms with Crippen molar-refractivity contribution in [3.05, 3.63) is 24.8 Å². The van der Waals surface area contributed by atoms with E-state index in [4.69, 9.17) is 0 Å². The van der Waals surface area contributed by atoms with Crippen LogP contribution in [0.5, 0.6) is 0 Å². The van der Waals surface area contributed by atoms with Crippen molar-refractivity contribution in [3.63, 3.8) is 0 Å². The van der Waals surface area contributed by atoms with Crippen LogP contribution in [0.2, 0.25) is 0 Å². The first-order valence-corrected chi connectivity index (χ1v) is 4.21. The van der Waals surface area contributed by atoms with Gasteiger partial charge in [-0.3, -0.25) is 0 Å². The molecule has 0 radical (unpaired) electrons. The summed E-state index contributed by atoms with van der Waals surface area (Å²) in [6.07, 6.45) is 11.1. The van der Waals surface area contributed by atoms with E-state index in [2.05, 4.69) is 24.8 Å². The average Bonchev–Trinajstić information content (AvgIpc) is 2.06. The van der Waals surface area contributed by atoms with Gasteiger partial charge in [-0.2, -0.15) is 0 Å². The van der Waals surface area contributed by atoms with Crippen molar-refractivity contribution in [3.8, 4) is 0 Å².